The number of H-pyrrole nitrogens is 1. The molecule has 1 fully saturated rings. The first-order valence-corrected chi connectivity index (χ1v) is 16.7. The Balaban J connectivity index is 1.06. The van der Waals surface area contributed by atoms with E-state index < -0.39 is 60.6 Å². The average Bonchev–Trinajstić information content (AvgIpc) is 3.71. The first-order valence-electron chi connectivity index (χ1n) is 16.4. The summed E-state index contributed by atoms with van der Waals surface area (Å²) in [5, 5.41) is 29.8. The quantitative estimate of drug-likeness (QED) is 0.0766. The molecule has 6 rings (SSSR count). The number of anilines is 4. The first kappa shape index (κ1) is 38.0. The number of hydrogen-bond acceptors (Lipinski definition) is 11. The van der Waals surface area contributed by atoms with Crippen LogP contribution in [0.1, 0.15) is 28.8 Å². The van der Waals surface area contributed by atoms with Crippen LogP contribution >= 0.6 is 11.6 Å². The molecule has 1 aliphatic carbocycles. The molecule has 0 radical (unpaired) electrons. The molecule has 55 heavy (non-hydrogen) atoms. The Morgan fingerprint density at radius 1 is 0.873 bits per heavy atom. The Bertz CT molecular complexity index is 2170. The lowest BCUT2D eigenvalue weighted by Gasteiger charge is -2.19. The minimum atomic E-state index is -4.65. The van der Waals surface area contributed by atoms with Crippen LogP contribution in [0.25, 0.3) is 11.3 Å². The molecule has 2 heterocycles. The van der Waals surface area contributed by atoms with E-state index in [2.05, 4.69) is 51.7 Å². The number of carboxylic acids is 1. The van der Waals surface area contributed by atoms with E-state index in [-0.39, 0.29) is 17.5 Å². The molecule has 3 aromatic carbocycles. The Kier molecular flexibility index (Phi) is 11.1. The number of ether oxygens (including phenoxy) is 1. The molecule has 3 amide bonds. The highest BCUT2D eigenvalue weighted by Crippen LogP contribution is 2.48. The molecule has 0 unspecified atom stereocenters. The molecule has 2 aromatic heterocycles. The second-order valence-electron chi connectivity index (χ2n) is 12.2. The van der Waals surface area contributed by atoms with Crippen molar-refractivity contribution in [2.24, 2.45) is 0 Å². The van der Waals surface area contributed by atoms with Gasteiger partial charge in [-0.25, -0.2) is 4.79 Å². The number of carboxylic acid groups (broad SMARTS) is 1. The molecular weight excluding hydrogens is 749 g/mol. The molecule has 0 bridgehead atoms. The van der Waals surface area contributed by atoms with E-state index >= 15 is 0 Å². The molecule has 7 N–H and O–H groups in total. The summed E-state index contributed by atoms with van der Waals surface area (Å²) < 4.78 is 43.6. The maximum absolute atomic E-state index is 12.9. The zero-order valence-electron chi connectivity index (χ0n) is 28.3. The number of nitrogens with zero attached hydrogens (tertiary/aromatic N) is 4. The van der Waals surface area contributed by atoms with Crippen molar-refractivity contribution in [2.45, 2.75) is 30.6 Å². The van der Waals surface area contributed by atoms with Gasteiger partial charge in [-0.3, -0.25) is 19.5 Å². The van der Waals surface area contributed by atoms with E-state index in [1.165, 1.54) is 24.3 Å². The van der Waals surface area contributed by atoms with Crippen LogP contribution in [0.5, 0.6) is 6.01 Å². The van der Waals surface area contributed by atoms with Gasteiger partial charge >= 0.3 is 30.0 Å². The zero-order chi connectivity index (χ0) is 39.2. The van der Waals surface area contributed by atoms with Gasteiger partial charge in [-0.15, -0.1) is 0 Å². The van der Waals surface area contributed by atoms with Crippen LogP contribution in [0.3, 0.4) is 0 Å². The fraction of sp³-hybridized carbons (Fsp3) is 0.200. The molecule has 0 spiro atoms. The number of carbonyl (C=O) groups is 4. The van der Waals surface area contributed by atoms with Crippen molar-refractivity contribution in [3.8, 4) is 17.3 Å². The standard InChI is InChI=1S/C35H30ClF3N10O6/c36-22-7-5-21(6-8-22)34(14-15-34)48-32-45-31(46-33(47-32)55-18-35(37,38)39)43-24-11-3-20(4-12-24)27(50)44-26(30(53)54)17-40-28(51)29(52)42-23-9-1-19(2-10-23)25-13-16-41-49-25/h1-13,16,26H,14-15,17-18H2,(H,40,51)(H,41,49)(H,42,52)(H,44,50)(H,53,54)(H2,43,45,46,47,48)/t26-/m0/s1. The van der Waals surface area contributed by atoms with Crippen LogP contribution in [0.2, 0.25) is 5.02 Å². The summed E-state index contributed by atoms with van der Waals surface area (Å²) in [6.07, 6.45) is -1.61. The van der Waals surface area contributed by atoms with Gasteiger partial charge in [-0.1, -0.05) is 35.9 Å². The van der Waals surface area contributed by atoms with Crippen LogP contribution in [0.4, 0.5) is 36.4 Å². The number of benzene rings is 3. The largest absolute Gasteiger partial charge is 0.480 e. The molecule has 0 saturated heterocycles. The molecule has 20 heteroatoms. The summed E-state index contributed by atoms with van der Waals surface area (Å²) in [5.74, 6) is -4.71. The van der Waals surface area contributed by atoms with Crippen LogP contribution in [-0.2, 0) is 19.9 Å². The van der Waals surface area contributed by atoms with Gasteiger partial charge in [0.1, 0.15) is 6.04 Å². The van der Waals surface area contributed by atoms with Gasteiger partial charge in [0.2, 0.25) is 11.9 Å². The molecule has 1 aliphatic rings. The van der Waals surface area contributed by atoms with Crippen LogP contribution in [-0.4, -0.2) is 79.3 Å². The van der Waals surface area contributed by atoms with E-state index in [4.69, 9.17) is 16.3 Å². The van der Waals surface area contributed by atoms with Gasteiger partial charge in [0.25, 0.3) is 5.91 Å². The predicted molar refractivity (Wildman–Crippen MR) is 192 cm³/mol. The van der Waals surface area contributed by atoms with Crippen molar-refractivity contribution in [3.05, 3.63) is 101 Å². The fourth-order valence-electron chi connectivity index (χ4n) is 5.16. The minimum absolute atomic E-state index is 0.0185. The number of halogens is 4. The molecule has 284 valence electrons. The van der Waals surface area contributed by atoms with Gasteiger partial charge in [-0.05, 0) is 73.0 Å². The monoisotopic (exact) mass is 778 g/mol. The molecule has 16 nitrogen and oxygen atoms in total. The Hall–Kier alpha value is -6.76. The van der Waals surface area contributed by atoms with Crippen molar-refractivity contribution in [1.82, 2.24) is 35.8 Å². The lowest BCUT2D eigenvalue weighted by molar-refractivity contribution is -0.154. The molecule has 1 atom stereocenters. The normalized spacial score (nSPS) is 13.5. The highest BCUT2D eigenvalue weighted by atomic mass is 35.5. The molecular formula is C35H30ClF3N10O6. The number of amides is 3. The van der Waals surface area contributed by atoms with Crippen molar-refractivity contribution >= 4 is 58.6 Å². The lowest BCUT2D eigenvalue weighted by atomic mass is 10.1. The summed E-state index contributed by atoms with van der Waals surface area (Å²) in [4.78, 5) is 61.9. The summed E-state index contributed by atoms with van der Waals surface area (Å²) in [7, 11) is 0. The van der Waals surface area contributed by atoms with Gasteiger partial charge < -0.3 is 36.4 Å². The third-order valence-corrected chi connectivity index (χ3v) is 8.35. The number of rotatable bonds is 14. The average molecular weight is 779 g/mol. The van der Waals surface area contributed by atoms with Gasteiger partial charge in [-0.2, -0.15) is 33.2 Å². The third-order valence-electron chi connectivity index (χ3n) is 8.10. The maximum atomic E-state index is 12.9. The van der Waals surface area contributed by atoms with E-state index in [0.717, 1.165) is 11.1 Å². The highest BCUT2D eigenvalue weighted by Gasteiger charge is 2.45. The SMILES string of the molecule is O=C(NC[C@H](NC(=O)c1ccc(Nc2nc(NC3(c4ccc(Cl)cc4)CC3)nc(OCC(F)(F)F)n2)cc1)C(=O)O)C(=O)Nc1ccc(-c2cc[nH]n2)cc1. The smallest absolute Gasteiger partial charge is 0.422 e. The number of carbonyl (C=O) groups excluding carboxylic acids is 3. The van der Waals surface area contributed by atoms with Crippen LogP contribution < -0.4 is 31.3 Å². The topological polar surface area (TPSA) is 225 Å². The van der Waals surface area contributed by atoms with Crippen molar-refractivity contribution < 1.29 is 42.2 Å². The second-order valence-corrected chi connectivity index (χ2v) is 12.6. The summed E-state index contributed by atoms with van der Waals surface area (Å²) in [6.45, 7) is -2.25. The van der Waals surface area contributed by atoms with Gasteiger partial charge in [0.05, 0.1) is 11.2 Å². The fourth-order valence-corrected chi connectivity index (χ4v) is 5.28. The first-order chi connectivity index (χ1) is 26.2. The minimum Gasteiger partial charge on any atom is -0.480 e. The summed E-state index contributed by atoms with van der Waals surface area (Å²) in [6, 6.07) is 18.6. The Labute approximate surface area is 314 Å². The van der Waals surface area contributed by atoms with Crippen molar-refractivity contribution in [3.63, 3.8) is 0 Å². The van der Waals surface area contributed by atoms with E-state index in [0.29, 0.717) is 34.9 Å². The lowest BCUT2D eigenvalue weighted by Crippen LogP contribution is -2.50. The van der Waals surface area contributed by atoms with Gasteiger partial charge in [0, 0.05) is 40.3 Å². The van der Waals surface area contributed by atoms with Crippen molar-refractivity contribution in [2.75, 3.05) is 29.1 Å². The molecule has 1 saturated carbocycles. The number of aromatic nitrogens is 5. The second kappa shape index (κ2) is 16.1. The Morgan fingerprint density at radius 2 is 1.55 bits per heavy atom. The van der Waals surface area contributed by atoms with Crippen LogP contribution in [0, 0.1) is 0 Å². The van der Waals surface area contributed by atoms with Gasteiger partial charge in [0.15, 0.2) is 6.61 Å². The van der Waals surface area contributed by atoms with E-state index in [9.17, 15) is 37.5 Å². The van der Waals surface area contributed by atoms with Crippen LogP contribution in [0.15, 0.2) is 85.1 Å². The van der Waals surface area contributed by atoms with E-state index in [1.54, 1.807) is 48.7 Å². The number of nitrogens with one attached hydrogen (secondary N) is 6. The number of aliphatic carboxylic acids is 1. The summed E-state index contributed by atoms with van der Waals surface area (Å²) in [5.41, 5.74) is 2.38. The molecule has 0 aliphatic heterocycles. The van der Waals surface area contributed by atoms with Crippen molar-refractivity contribution in [1.29, 1.82) is 0 Å². The Morgan fingerprint density at radius 3 is 2.16 bits per heavy atom. The number of alkyl halides is 3. The summed E-state index contributed by atoms with van der Waals surface area (Å²) >= 11 is 6.02. The molecule has 5 aromatic rings. The highest BCUT2D eigenvalue weighted by molar-refractivity contribution is 6.39. The number of aromatic amines is 1. The maximum Gasteiger partial charge on any atom is 0.422 e. The predicted octanol–water partition coefficient (Wildman–Crippen LogP) is 4.64. The van der Waals surface area contributed by atoms with E-state index in [1.807, 2.05) is 12.1 Å². The third kappa shape index (κ3) is 10.2. The number of hydrogen-bond donors (Lipinski definition) is 7. The zero-order valence-corrected chi connectivity index (χ0v) is 29.0.